The van der Waals surface area contributed by atoms with E-state index in [2.05, 4.69) is 39.9 Å². The Morgan fingerprint density at radius 2 is 2.25 bits per heavy atom. The summed E-state index contributed by atoms with van der Waals surface area (Å²) in [5, 5.41) is 0. The monoisotopic (exact) mass is 301 g/mol. The van der Waals surface area contributed by atoms with E-state index in [-0.39, 0.29) is 0 Å². The molecule has 2 heterocycles. The molecule has 0 aliphatic carbocycles. The van der Waals surface area contributed by atoms with Crippen LogP contribution in [0, 0.1) is 0 Å². The van der Waals surface area contributed by atoms with E-state index in [1.54, 1.807) is 0 Å². The van der Waals surface area contributed by atoms with Crippen LogP contribution in [-0.2, 0) is 6.54 Å². The summed E-state index contributed by atoms with van der Waals surface area (Å²) in [5.41, 5.74) is 0. The van der Waals surface area contributed by atoms with Gasteiger partial charge in [0.25, 0.3) is 0 Å². The first-order chi connectivity index (χ1) is 7.79. The van der Waals surface area contributed by atoms with E-state index < -0.39 is 0 Å². The van der Waals surface area contributed by atoms with E-state index in [9.17, 15) is 0 Å². The fraction of sp³-hybridized carbons (Fsp3) is 0.692. The van der Waals surface area contributed by atoms with Gasteiger partial charge in [0.05, 0.1) is 3.79 Å². The molecule has 1 saturated heterocycles. The summed E-state index contributed by atoms with van der Waals surface area (Å²) in [6.07, 6.45) is 6.91. The average molecular weight is 302 g/mol. The second-order valence-electron chi connectivity index (χ2n) is 4.59. The van der Waals surface area contributed by atoms with Crippen LogP contribution in [0.2, 0.25) is 0 Å². The highest BCUT2D eigenvalue weighted by atomic mass is 79.9. The van der Waals surface area contributed by atoms with E-state index in [1.807, 2.05) is 11.3 Å². The van der Waals surface area contributed by atoms with Gasteiger partial charge < -0.3 is 0 Å². The van der Waals surface area contributed by atoms with E-state index in [0.717, 1.165) is 12.6 Å². The molecule has 1 nitrogen and oxygen atoms in total. The fourth-order valence-electron chi connectivity index (χ4n) is 2.54. The SMILES string of the molecule is CCC1CCCCCN1Cc1ccc(Br)s1. The summed E-state index contributed by atoms with van der Waals surface area (Å²) >= 11 is 5.42. The Morgan fingerprint density at radius 1 is 1.38 bits per heavy atom. The molecule has 2 rings (SSSR count). The molecule has 90 valence electrons. The van der Waals surface area contributed by atoms with Crippen molar-refractivity contribution in [3.05, 3.63) is 20.8 Å². The summed E-state index contributed by atoms with van der Waals surface area (Å²) < 4.78 is 1.25. The molecule has 0 spiro atoms. The second-order valence-corrected chi connectivity index (χ2v) is 7.14. The zero-order chi connectivity index (χ0) is 11.4. The highest BCUT2D eigenvalue weighted by Crippen LogP contribution is 2.26. The van der Waals surface area contributed by atoms with Crippen molar-refractivity contribution in [1.82, 2.24) is 4.90 Å². The van der Waals surface area contributed by atoms with Crippen LogP contribution in [0.3, 0.4) is 0 Å². The third-order valence-corrected chi connectivity index (χ3v) is 5.07. The largest absolute Gasteiger partial charge is 0.295 e. The predicted molar refractivity (Wildman–Crippen MR) is 75.0 cm³/mol. The summed E-state index contributed by atoms with van der Waals surface area (Å²) in [6, 6.07) is 5.23. The lowest BCUT2D eigenvalue weighted by atomic mass is 10.1. The van der Waals surface area contributed by atoms with Gasteiger partial charge in [-0.3, -0.25) is 4.90 Å². The number of nitrogens with zero attached hydrogens (tertiary/aromatic N) is 1. The molecule has 3 heteroatoms. The molecule has 0 bridgehead atoms. The topological polar surface area (TPSA) is 3.24 Å². The Morgan fingerprint density at radius 3 is 2.94 bits per heavy atom. The standard InChI is InChI=1S/C13H20BrNS/c1-2-11-6-4-3-5-9-15(11)10-12-7-8-13(14)16-12/h7-8,11H,2-6,9-10H2,1H3. The van der Waals surface area contributed by atoms with Gasteiger partial charge in [-0.05, 0) is 53.9 Å². The van der Waals surface area contributed by atoms with Crippen LogP contribution in [0.25, 0.3) is 0 Å². The Kier molecular flexibility index (Phi) is 4.86. The molecule has 0 N–H and O–H groups in total. The first kappa shape index (κ1) is 12.6. The number of likely N-dealkylation sites (tertiary alicyclic amines) is 1. The van der Waals surface area contributed by atoms with E-state index in [1.165, 1.54) is 47.3 Å². The van der Waals surface area contributed by atoms with Gasteiger partial charge in [0.1, 0.15) is 0 Å². The summed E-state index contributed by atoms with van der Waals surface area (Å²) in [5.74, 6) is 0. The van der Waals surface area contributed by atoms with Gasteiger partial charge in [-0.15, -0.1) is 11.3 Å². The molecule has 1 aliphatic heterocycles. The van der Waals surface area contributed by atoms with Gasteiger partial charge in [-0.25, -0.2) is 0 Å². The lowest BCUT2D eigenvalue weighted by molar-refractivity contribution is 0.188. The average Bonchev–Trinajstić information content (AvgIpc) is 2.56. The van der Waals surface area contributed by atoms with Crippen molar-refractivity contribution in [2.24, 2.45) is 0 Å². The summed E-state index contributed by atoms with van der Waals surface area (Å²) in [6.45, 7) is 4.76. The van der Waals surface area contributed by atoms with Gasteiger partial charge in [0, 0.05) is 17.5 Å². The maximum absolute atomic E-state index is 3.54. The van der Waals surface area contributed by atoms with E-state index >= 15 is 0 Å². The smallest absolute Gasteiger partial charge is 0.0701 e. The highest BCUT2D eigenvalue weighted by molar-refractivity contribution is 9.11. The molecule has 16 heavy (non-hydrogen) atoms. The number of hydrogen-bond acceptors (Lipinski definition) is 2. The predicted octanol–water partition coefficient (Wildman–Crippen LogP) is 4.67. The molecule has 1 unspecified atom stereocenters. The maximum Gasteiger partial charge on any atom is 0.0701 e. The molecule has 1 aromatic rings. The summed E-state index contributed by atoms with van der Waals surface area (Å²) in [7, 11) is 0. The number of thiophene rings is 1. The molecule has 0 amide bonds. The van der Waals surface area contributed by atoms with Crippen molar-refractivity contribution in [2.75, 3.05) is 6.54 Å². The van der Waals surface area contributed by atoms with Crippen molar-refractivity contribution in [1.29, 1.82) is 0 Å². The quantitative estimate of drug-likeness (QED) is 0.784. The second kappa shape index (κ2) is 6.18. The van der Waals surface area contributed by atoms with Crippen molar-refractivity contribution < 1.29 is 0 Å². The van der Waals surface area contributed by atoms with Crippen LogP contribution in [0.15, 0.2) is 15.9 Å². The number of rotatable bonds is 3. The molecule has 1 aliphatic rings. The van der Waals surface area contributed by atoms with Crippen LogP contribution in [0.4, 0.5) is 0 Å². The zero-order valence-electron chi connectivity index (χ0n) is 9.92. The molecule has 0 radical (unpaired) electrons. The molecule has 0 aromatic carbocycles. The van der Waals surface area contributed by atoms with Gasteiger partial charge in [-0.2, -0.15) is 0 Å². The van der Waals surface area contributed by atoms with Crippen molar-refractivity contribution in [3.8, 4) is 0 Å². The highest BCUT2D eigenvalue weighted by Gasteiger charge is 2.19. The Balaban J connectivity index is 1.99. The van der Waals surface area contributed by atoms with Crippen LogP contribution < -0.4 is 0 Å². The number of hydrogen-bond donors (Lipinski definition) is 0. The molecular formula is C13H20BrNS. The van der Waals surface area contributed by atoms with Gasteiger partial charge in [0.2, 0.25) is 0 Å². The number of halogens is 1. The molecule has 1 fully saturated rings. The van der Waals surface area contributed by atoms with Gasteiger partial charge in [-0.1, -0.05) is 19.8 Å². The van der Waals surface area contributed by atoms with Crippen LogP contribution >= 0.6 is 27.3 Å². The molecule has 1 atom stereocenters. The first-order valence-corrected chi connectivity index (χ1v) is 7.89. The van der Waals surface area contributed by atoms with Crippen molar-refractivity contribution in [2.45, 2.75) is 51.6 Å². The Hall–Kier alpha value is 0.140. The minimum Gasteiger partial charge on any atom is -0.295 e. The zero-order valence-corrected chi connectivity index (χ0v) is 12.3. The Labute approximate surface area is 111 Å². The van der Waals surface area contributed by atoms with Crippen LogP contribution in [0.5, 0.6) is 0 Å². The third-order valence-electron chi connectivity index (χ3n) is 3.46. The first-order valence-electron chi connectivity index (χ1n) is 6.28. The molecule has 0 saturated carbocycles. The van der Waals surface area contributed by atoms with E-state index in [0.29, 0.717) is 0 Å². The minimum absolute atomic E-state index is 0.809. The summed E-state index contributed by atoms with van der Waals surface area (Å²) in [4.78, 5) is 4.18. The lowest BCUT2D eigenvalue weighted by Gasteiger charge is -2.28. The molecular weight excluding hydrogens is 282 g/mol. The lowest BCUT2D eigenvalue weighted by Crippen LogP contribution is -2.33. The van der Waals surface area contributed by atoms with Crippen LogP contribution in [0.1, 0.15) is 43.9 Å². The van der Waals surface area contributed by atoms with Crippen LogP contribution in [-0.4, -0.2) is 17.5 Å². The van der Waals surface area contributed by atoms with Gasteiger partial charge in [0.15, 0.2) is 0 Å². The fourth-order valence-corrected chi connectivity index (χ4v) is 4.05. The third kappa shape index (κ3) is 3.31. The normalized spacial score (nSPS) is 23.2. The Bertz CT molecular complexity index is 323. The van der Waals surface area contributed by atoms with E-state index in [4.69, 9.17) is 0 Å². The van der Waals surface area contributed by atoms with Crippen molar-refractivity contribution >= 4 is 27.3 Å². The van der Waals surface area contributed by atoms with Crippen molar-refractivity contribution in [3.63, 3.8) is 0 Å². The van der Waals surface area contributed by atoms with Gasteiger partial charge >= 0.3 is 0 Å². The maximum atomic E-state index is 3.54. The molecule has 1 aromatic heterocycles. The minimum atomic E-state index is 0.809.